The molecule has 0 aliphatic heterocycles. The van der Waals surface area contributed by atoms with Crippen molar-refractivity contribution >= 4 is 29.7 Å². The quantitative estimate of drug-likeness (QED) is 0.502. The van der Waals surface area contributed by atoms with E-state index in [0.717, 1.165) is 18.8 Å². The molecule has 0 unspecified atom stereocenters. The maximum atomic E-state index is 6.15. The van der Waals surface area contributed by atoms with E-state index in [2.05, 4.69) is 57.4 Å². The van der Waals surface area contributed by atoms with E-state index in [1.54, 1.807) is 11.3 Å². The van der Waals surface area contributed by atoms with Crippen LogP contribution < -0.4 is 4.74 Å². The van der Waals surface area contributed by atoms with Gasteiger partial charge in [0.2, 0.25) is 0 Å². The van der Waals surface area contributed by atoms with E-state index in [1.807, 2.05) is 6.07 Å². The van der Waals surface area contributed by atoms with Crippen molar-refractivity contribution in [2.24, 2.45) is 0 Å². The van der Waals surface area contributed by atoms with Crippen LogP contribution in [0.3, 0.4) is 0 Å². The van der Waals surface area contributed by atoms with E-state index < -0.39 is 8.32 Å². The lowest BCUT2D eigenvalue weighted by Gasteiger charge is -2.36. The topological polar surface area (TPSA) is 18.5 Å². The van der Waals surface area contributed by atoms with Crippen LogP contribution >= 0.6 is 11.3 Å². The maximum Gasteiger partial charge on any atom is 0.191 e. The van der Waals surface area contributed by atoms with Gasteiger partial charge in [0.15, 0.2) is 8.32 Å². The van der Waals surface area contributed by atoms with Gasteiger partial charge in [0.05, 0.1) is 6.61 Å². The van der Waals surface area contributed by atoms with Crippen molar-refractivity contribution in [2.75, 3.05) is 13.2 Å². The van der Waals surface area contributed by atoms with Crippen molar-refractivity contribution in [3.05, 3.63) is 29.6 Å². The molecule has 21 heavy (non-hydrogen) atoms. The summed E-state index contributed by atoms with van der Waals surface area (Å²) >= 11 is 1.75. The number of fused-ring (bicyclic) bond motifs is 1. The van der Waals surface area contributed by atoms with E-state index in [9.17, 15) is 0 Å². The van der Waals surface area contributed by atoms with E-state index in [-0.39, 0.29) is 5.04 Å². The van der Waals surface area contributed by atoms with Crippen LogP contribution in [-0.2, 0) is 4.43 Å². The minimum Gasteiger partial charge on any atom is -0.493 e. The van der Waals surface area contributed by atoms with Crippen molar-refractivity contribution in [1.29, 1.82) is 0 Å². The molecule has 0 aliphatic rings. The average Bonchev–Trinajstić information content (AvgIpc) is 2.84. The van der Waals surface area contributed by atoms with Gasteiger partial charge in [-0.25, -0.2) is 0 Å². The number of hydrogen-bond donors (Lipinski definition) is 0. The lowest BCUT2D eigenvalue weighted by Crippen LogP contribution is -2.41. The lowest BCUT2D eigenvalue weighted by atomic mass is 10.2. The number of benzene rings is 1. The summed E-state index contributed by atoms with van der Waals surface area (Å²) in [5.41, 5.74) is 0. The number of hydrogen-bond acceptors (Lipinski definition) is 3. The molecule has 0 saturated heterocycles. The number of thiophene rings is 1. The molecule has 0 amide bonds. The molecule has 0 bridgehead atoms. The van der Waals surface area contributed by atoms with Crippen molar-refractivity contribution < 1.29 is 9.16 Å². The average molecular weight is 323 g/mol. The minimum atomic E-state index is -1.62. The molecule has 2 aromatic rings. The molecule has 0 atom stereocenters. The van der Waals surface area contributed by atoms with Crippen LogP contribution in [0.4, 0.5) is 0 Å². The molecule has 2 rings (SSSR count). The summed E-state index contributed by atoms with van der Waals surface area (Å²) in [6.07, 6.45) is 0.939. The first-order valence-electron chi connectivity index (χ1n) is 7.54. The molecule has 2 nitrogen and oxygen atoms in total. The predicted molar refractivity (Wildman–Crippen MR) is 95.1 cm³/mol. The molecule has 0 radical (unpaired) electrons. The van der Waals surface area contributed by atoms with Gasteiger partial charge in [-0.1, -0.05) is 20.8 Å². The molecular formula is C17H26O2SSi. The first kappa shape index (κ1) is 16.5. The monoisotopic (exact) mass is 322 g/mol. The van der Waals surface area contributed by atoms with Crippen molar-refractivity contribution in [1.82, 2.24) is 0 Å². The Labute approximate surface area is 133 Å². The minimum absolute atomic E-state index is 0.276. The molecule has 1 heterocycles. The Kier molecular flexibility index (Phi) is 5.12. The standard InChI is InChI=1S/C17H26O2SSi/c1-17(2,3)21(4,5)19-11-6-10-18-15-8-7-14-9-12-20-16(14)13-15/h7-9,12-13H,6,10-11H2,1-5H3. The summed E-state index contributed by atoms with van der Waals surface area (Å²) in [5.74, 6) is 0.956. The Bertz CT molecular complexity index is 584. The maximum absolute atomic E-state index is 6.15. The zero-order valence-electron chi connectivity index (χ0n) is 13.7. The van der Waals surface area contributed by atoms with Crippen molar-refractivity contribution in [2.45, 2.75) is 45.3 Å². The first-order valence-corrected chi connectivity index (χ1v) is 11.3. The largest absolute Gasteiger partial charge is 0.493 e. The Morgan fingerprint density at radius 1 is 1.10 bits per heavy atom. The fraction of sp³-hybridized carbons (Fsp3) is 0.529. The van der Waals surface area contributed by atoms with E-state index >= 15 is 0 Å². The number of rotatable bonds is 6. The highest BCUT2D eigenvalue weighted by Crippen LogP contribution is 2.36. The highest BCUT2D eigenvalue weighted by atomic mass is 32.1. The first-order chi connectivity index (χ1) is 9.79. The van der Waals surface area contributed by atoms with Crippen molar-refractivity contribution in [3.8, 4) is 5.75 Å². The van der Waals surface area contributed by atoms with Crippen molar-refractivity contribution in [3.63, 3.8) is 0 Å². The summed E-state index contributed by atoms with van der Waals surface area (Å²) < 4.78 is 13.3. The summed E-state index contributed by atoms with van der Waals surface area (Å²) in [7, 11) is -1.62. The van der Waals surface area contributed by atoms with Gasteiger partial charge in [-0.2, -0.15) is 0 Å². The second-order valence-corrected chi connectivity index (χ2v) is 12.7. The molecule has 1 aromatic carbocycles. The molecule has 116 valence electrons. The van der Waals surface area contributed by atoms with Gasteiger partial charge < -0.3 is 9.16 Å². The molecule has 0 aliphatic carbocycles. The lowest BCUT2D eigenvalue weighted by molar-refractivity contribution is 0.234. The molecule has 4 heteroatoms. The summed E-state index contributed by atoms with van der Waals surface area (Å²) in [5, 5.41) is 3.67. The second kappa shape index (κ2) is 6.51. The van der Waals surface area contributed by atoms with Crippen LogP contribution in [0.5, 0.6) is 5.75 Å². The molecule has 0 saturated carbocycles. The third-order valence-electron chi connectivity index (χ3n) is 4.25. The molecule has 0 N–H and O–H groups in total. The Hall–Kier alpha value is -0.843. The van der Waals surface area contributed by atoms with Gasteiger partial charge in [0, 0.05) is 17.7 Å². The van der Waals surface area contributed by atoms with Gasteiger partial charge in [-0.3, -0.25) is 0 Å². The highest BCUT2D eigenvalue weighted by molar-refractivity contribution is 7.17. The Morgan fingerprint density at radius 2 is 1.86 bits per heavy atom. The van der Waals surface area contributed by atoms with E-state index in [0.29, 0.717) is 6.61 Å². The summed E-state index contributed by atoms with van der Waals surface area (Å²) in [4.78, 5) is 0. The third-order valence-corrected chi connectivity index (χ3v) is 9.67. The SMILES string of the molecule is CC(C)(C)[Si](C)(C)OCCCOc1ccc2ccsc2c1. The fourth-order valence-corrected chi connectivity index (χ4v) is 3.72. The van der Waals surface area contributed by atoms with Gasteiger partial charge in [-0.05, 0) is 53.2 Å². The van der Waals surface area contributed by atoms with Gasteiger partial charge in [0.1, 0.15) is 5.75 Å². The van der Waals surface area contributed by atoms with E-state index in [1.165, 1.54) is 10.1 Å². The second-order valence-electron chi connectivity index (χ2n) is 6.93. The van der Waals surface area contributed by atoms with Crippen LogP contribution in [0.25, 0.3) is 10.1 Å². The van der Waals surface area contributed by atoms with Crippen LogP contribution in [0.1, 0.15) is 27.2 Å². The molecular weight excluding hydrogens is 296 g/mol. The molecule has 0 fully saturated rings. The predicted octanol–water partition coefficient (Wildman–Crippen LogP) is 5.69. The van der Waals surface area contributed by atoms with Gasteiger partial charge in [-0.15, -0.1) is 11.3 Å². The van der Waals surface area contributed by atoms with E-state index in [4.69, 9.17) is 9.16 Å². The van der Waals surface area contributed by atoms with Gasteiger partial charge >= 0.3 is 0 Å². The summed E-state index contributed by atoms with van der Waals surface area (Å²) in [6, 6.07) is 8.42. The highest BCUT2D eigenvalue weighted by Gasteiger charge is 2.36. The van der Waals surface area contributed by atoms with Crippen LogP contribution in [0, 0.1) is 0 Å². The van der Waals surface area contributed by atoms with Crippen LogP contribution in [0.2, 0.25) is 18.1 Å². The zero-order chi connectivity index (χ0) is 15.5. The molecule has 1 aromatic heterocycles. The molecule has 0 spiro atoms. The Balaban J connectivity index is 1.75. The van der Waals surface area contributed by atoms with Gasteiger partial charge in [0.25, 0.3) is 0 Å². The zero-order valence-corrected chi connectivity index (χ0v) is 15.5. The fourth-order valence-electron chi connectivity index (χ4n) is 1.82. The Morgan fingerprint density at radius 3 is 2.57 bits per heavy atom. The normalized spacial score (nSPS) is 12.8. The number of ether oxygens (including phenoxy) is 1. The third kappa shape index (κ3) is 4.31. The summed E-state index contributed by atoms with van der Waals surface area (Å²) in [6.45, 7) is 12.9. The van der Waals surface area contributed by atoms with Crippen LogP contribution in [-0.4, -0.2) is 21.5 Å². The smallest absolute Gasteiger partial charge is 0.191 e. The van der Waals surface area contributed by atoms with Crippen LogP contribution in [0.15, 0.2) is 29.6 Å².